The molecule has 3 heteroatoms. The Morgan fingerprint density at radius 3 is 2.79 bits per heavy atom. The number of hydrogen-bond acceptors (Lipinski definition) is 3. The molecule has 0 aliphatic carbocycles. The number of rotatable bonds is 5. The fraction of sp³-hybridized carbons (Fsp3) is 0.438. The van der Waals surface area contributed by atoms with Crippen LogP contribution < -0.4 is 5.32 Å². The first-order chi connectivity index (χ1) is 9.42. The predicted octanol–water partition coefficient (Wildman–Crippen LogP) is 2.42. The highest BCUT2D eigenvalue weighted by atomic mass is 15.1. The Hall–Kier alpha value is -1.45. The van der Waals surface area contributed by atoms with Gasteiger partial charge in [0.1, 0.15) is 0 Å². The van der Waals surface area contributed by atoms with Crippen molar-refractivity contribution in [2.24, 2.45) is 0 Å². The van der Waals surface area contributed by atoms with Crippen LogP contribution >= 0.6 is 0 Å². The molecule has 1 aromatic carbocycles. The number of pyridine rings is 1. The number of likely N-dealkylation sites (tertiary alicyclic amines) is 1. The van der Waals surface area contributed by atoms with E-state index in [1.54, 1.807) is 0 Å². The molecule has 0 amide bonds. The van der Waals surface area contributed by atoms with Crippen LogP contribution in [-0.2, 0) is 6.54 Å². The Kier molecular flexibility index (Phi) is 4.06. The average molecular weight is 255 g/mol. The minimum Gasteiger partial charge on any atom is -0.310 e. The van der Waals surface area contributed by atoms with Gasteiger partial charge in [-0.2, -0.15) is 0 Å². The number of aromatic nitrogens is 1. The molecule has 0 bridgehead atoms. The van der Waals surface area contributed by atoms with Crippen molar-refractivity contribution in [1.29, 1.82) is 0 Å². The van der Waals surface area contributed by atoms with E-state index in [9.17, 15) is 0 Å². The lowest BCUT2D eigenvalue weighted by Gasteiger charge is -2.14. The molecule has 0 atom stereocenters. The molecule has 1 aliphatic heterocycles. The first-order valence-corrected chi connectivity index (χ1v) is 7.19. The molecule has 100 valence electrons. The summed E-state index contributed by atoms with van der Waals surface area (Å²) >= 11 is 0. The normalized spacial score (nSPS) is 16.2. The Bertz CT molecular complexity index is 532. The molecular weight excluding hydrogens is 234 g/mol. The summed E-state index contributed by atoms with van der Waals surface area (Å²) in [5, 5.41) is 4.70. The third kappa shape index (κ3) is 3.31. The van der Waals surface area contributed by atoms with Gasteiger partial charge in [-0.05, 0) is 38.1 Å². The summed E-state index contributed by atoms with van der Waals surface area (Å²) in [6.07, 6.45) is 2.73. The lowest BCUT2D eigenvalue weighted by molar-refractivity contribution is 0.335. The summed E-state index contributed by atoms with van der Waals surface area (Å²) in [7, 11) is 0. The Morgan fingerprint density at radius 2 is 1.89 bits per heavy atom. The fourth-order valence-corrected chi connectivity index (χ4v) is 2.67. The van der Waals surface area contributed by atoms with Crippen LogP contribution in [0.25, 0.3) is 10.9 Å². The molecule has 1 N–H and O–H groups in total. The molecule has 1 aliphatic rings. The lowest BCUT2D eigenvalue weighted by Crippen LogP contribution is -2.29. The Balaban J connectivity index is 1.50. The maximum Gasteiger partial charge on any atom is 0.0705 e. The highest BCUT2D eigenvalue weighted by molar-refractivity contribution is 5.78. The van der Waals surface area contributed by atoms with Crippen LogP contribution in [0.1, 0.15) is 18.5 Å². The van der Waals surface area contributed by atoms with E-state index < -0.39 is 0 Å². The third-order valence-electron chi connectivity index (χ3n) is 3.77. The molecule has 3 nitrogen and oxygen atoms in total. The summed E-state index contributed by atoms with van der Waals surface area (Å²) in [4.78, 5) is 7.20. The van der Waals surface area contributed by atoms with E-state index in [0.717, 1.165) is 30.8 Å². The SMILES string of the molecule is c1ccc2nc(CNCCN3CCCC3)ccc2c1. The molecule has 2 heterocycles. The quantitative estimate of drug-likeness (QED) is 0.832. The zero-order valence-corrected chi connectivity index (χ0v) is 11.3. The summed E-state index contributed by atoms with van der Waals surface area (Å²) in [5.74, 6) is 0. The number of para-hydroxylation sites is 1. The second kappa shape index (κ2) is 6.13. The number of hydrogen-bond donors (Lipinski definition) is 1. The van der Waals surface area contributed by atoms with Gasteiger partial charge in [-0.3, -0.25) is 4.98 Å². The van der Waals surface area contributed by atoms with Gasteiger partial charge in [0.25, 0.3) is 0 Å². The molecule has 3 rings (SSSR count). The van der Waals surface area contributed by atoms with E-state index in [0.29, 0.717) is 0 Å². The van der Waals surface area contributed by atoms with Crippen molar-refractivity contribution in [3.05, 3.63) is 42.1 Å². The van der Waals surface area contributed by atoms with E-state index in [-0.39, 0.29) is 0 Å². The summed E-state index contributed by atoms with van der Waals surface area (Å²) < 4.78 is 0. The fourth-order valence-electron chi connectivity index (χ4n) is 2.67. The first kappa shape index (κ1) is 12.6. The topological polar surface area (TPSA) is 28.2 Å². The molecule has 1 saturated heterocycles. The standard InChI is InChI=1S/C16H21N3/c1-2-6-16-14(5-1)7-8-15(18-16)13-17-9-12-19-10-3-4-11-19/h1-2,5-8,17H,3-4,9-13H2. The van der Waals surface area contributed by atoms with Crippen molar-refractivity contribution in [2.45, 2.75) is 19.4 Å². The minimum atomic E-state index is 0.860. The number of nitrogens with zero attached hydrogens (tertiary/aromatic N) is 2. The molecule has 0 unspecified atom stereocenters. The molecule has 1 aromatic heterocycles. The van der Waals surface area contributed by atoms with Gasteiger partial charge >= 0.3 is 0 Å². The second-order valence-corrected chi connectivity index (χ2v) is 5.22. The van der Waals surface area contributed by atoms with Crippen LogP contribution in [0.2, 0.25) is 0 Å². The van der Waals surface area contributed by atoms with E-state index in [1.165, 1.54) is 31.3 Å². The largest absolute Gasteiger partial charge is 0.310 e. The van der Waals surface area contributed by atoms with E-state index in [1.807, 2.05) is 6.07 Å². The van der Waals surface area contributed by atoms with Gasteiger partial charge in [-0.25, -0.2) is 0 Å². The van der Waals surface area contributed by atoms with Crippen LogP contribution in [0, 0.1) is 0 Å². The van der Waals surface area contributed by atoms with Crippen LogP contribution in [0.15, 0.2) is 36.4 Å². The van der Waals surface area contributed by atoms with Gasteiger partial charge in [0.15, 0.2) is 0 Å². The van der Waals surface area contributed by atoms with E-state index >= 15 is 0 Å². The molecule has 1 fully saturated rings. The monoisotopic (exact) mass is 255 g/mol. The van der Waals surface area contributed by atoms with Gasteiger partial charge in [0.05, 0.1) is 11.2 Å². The maximum atomic E-state index is 4.67. The van der Waals surface area contributed by atoms with Gasteiger partial charge in [0, 0.05) is 25.0 Å². The summed E-state index contributed by atoms with van der Waals surface area (Å²) in [6, 6.07) is 12.5. The Labute approximate surface area is 114 Å². The molecular formula is C16H21N3. The van der Waals surface area contributed by atoms with Crippen molar-refractivity contribution in [2.75, 3.05) is 26.2 Å². The highest BCUT2D eigenvalue weighted by Gasteiger charge is 2.09. The number of nitrogens with one attached hydrogen (secondary N) is 1. The average Bonchev–Trinajstić information content (AvgIpc) is 2.97. The Morgan fingerprint density at radius 1 is 1.05 bits per heavy atom. The first-order valence-electron chi connectivity index (χ1n) is 7.19. The van der Waals surface area contributed by atoms with Crippen molar-refractivity contribution < 1.29 is 0 Å². The molecule has 0 saturated carbocycles. The smallest absolute Gasteiger partial charge is 0.0705 e. The molecule has 0 spiro atoms. The summed E-state index contributed by atoms with van der Waals surface area (Å²) in [6.45, 7) is 5.62. The van der Waals surface area contributed by atoms with Crippen molar-refractivity contribution in [1.82, 2.24) is 15.2 Å². The lowest BCUT2D eigenvalue weighted by atomic mass is 10.2. The van der Waals surface area contributed by atoms with Crippen molar-refractivity contribution in [3.8, 4) is 0 Å². The van der Waals surface area contributed by atoms with Crippen LogP contribution in [0.4, 0.5) is 0 Å². The van der Waals surface area contributed by atoms with E-state index in [4.69, 9.17) is 0 Å². The number of benzene rings is 1. The number of fused-ring (bicyclic) bond motifs is 1. The van der Waals surface area contributed by atoms with Gasteiger partial charge in [-0.15, -0.1) is 0 Å². The highest BCUT2D eigenvalue weighted by Crippen LogP contribution is 2.11. The van der Waals surface area contributed by atoms with E-state index in [2.05, 4.69) is 45.5 Å². The summed E-state index contributed by atoms with van der Waals surface area (Å²) in [5.41, 5.74) is 2.21. The zero-order chi connectivity index (χ0) is 12.9. The van der Waals surface area contributed by atoms with Crippen LogP contribution in [-0.4, -0.2) is 36.1 Å². The van der Waals surface area contributed by atoms with Crippen LogP contribution in [0.3, 0.4) is 0 Å². The van der Waals surface area contributed by atoms with Gasteiger partial charge in [0.2, 0.25) is 0 Å². The molecule has 0 radical (unpaired) electrons. The van der Waals surface area contributed by atoms with Crippen molar-refractivity contribution >= 4 is 10.9 Å². The van der Waals surface area contributed by atoms with Crippen LogP contribution in [0.5, 0.6) is 0 Å². The maximum absolute atomic E-state index is 4.67. The second-order valence-electron chi connectivity index (χ2n) is 5.22. The predicted molar refractivity (Wildman–Crippen MR) is 79.1 cm³/mol. The third-order valence-corrected chi connectivity index (χ3v) is 3.77. The molecule has 19 heavy (non-hydrogen) atoms. The zero-order valence-electron chi connectivity index (χ0n) is 11.3. The van der Waals surface area contributed by atoms with Gasteiger partial charge < -0.3 is 10.2 Å². The van der Waals surface area contributed by atoms with Gasteiger partial charge in [-0.1, -0.05) is 24.3 Å². The minimum absolute atomic E-state index is 0.860. The van der Waals surface area contributed by atoms with Crippen molar-refractivity contribution in [3.63, 3.8) is 0 Å². The molecule has 2 aromatic rings.